The number of furan rings is 1. The highest BCUT2D eigenvalue weighted by Crippen LogP contribution is 2.17. The molecule has 0 spiro atoms. The van der Waals surface area contributed by atoms with Crippen molar-refractivity contribution in [3.8, 4) is 5.75 Å². The van der Waals surface area contributed by atoms with E-state index in [4.69, 9.17) is 9.15 Å². The van der Waals surface area contributed by atoms with Gasteiger partial charge in [-0.1, -0.05) is 12.1 Å². The number of nitrogens with one attached hydrogen (secondary N) is 1. The highest BCUT2D eigenvalue weighted by molar-refractivity contribution is 6.18. The SMILES string of the molecule is COc1ccc(/C=C2/N=C(c3ccco3)NC2=O)cc1. The Balaban J connectivity index is 1.88. The predicted molar refractivity (Wildman–Crippen MR) is 74.4 cm³/mol. The van der Waals surface area contributed by atoms with Crippen molar-refractivity contribution in [2.45, 2.75) is 0 Å². The Bertz CT molecular complexity index is 682. The average molecular weight is 268 g/mol. The van der Waals surface area contributed by atoms with Crippen molar-refractivity contribution in [3.63, 3.8) is 0 Å². The second-order valence-corrected chi connectivity index (χ2v) is 4.19. The minimum atomic E-state index is -0.243. The minimum Gasteiger partial charge on any atom is -0.497 e. The average Bonchev–Trinajstić information content (AvgIpc) is 3.10. The molecule has 1 aromatic heterocycles. The van der Waals surface area contributed by atoms with Crippen LogP contribution < -0.4 is 10.1 Å². The van der Waals surface area contributed by atoms with Crippen LogP contribution in [0.2, 0.25) is 0 Å². The highest BCUT2D eigenvalue weighted by Gasteiger charge is 2.22. The maximum absolute atomic E-state index is 11.8. The number of aliphatic imine (C=N–C) groups is 1. The van der Waals surface area contributed by atoms with Crippen LogP contribution in [0.5, 0.6) is 5.75 Å². The van der Waals surface area contributed by atoms with E-state index in [0.717, 1.165) is 11.3 Å². The molecule has 2 heterocycles. The summed E-state index contributed by atoms with van der Waals surface area (Å²) >= 11 is 0. The molecule has 0 atom stereocenters. The molecule has 1 amide bonds. The van der Waals surface area contributed by atoms with E-state index in [0.29, 0.717) is 17.3 Å². The van der Waals surface area contributed by atoms with Crippen molar-refractivity contribution in [2.75, 3.05) is 7.11 Å². The first-order valence-corrected chi connectivity index (χ1v) is 6.06. The summed E-state index contributed by atoms with van der Waals surface area (Å²) in [5.41, 5.74) is 1.22. The van der Waals surface area contributed by atoms with Crippen LogP contribution in [0.1, 0.15) is 11.3 Å². The number of amides is 1. The fraction of sp³-hybridized carbons (Fsp3) is 0.0667. The van der Waals surface area contributed by atoms with E-state index in [1.54, 1.807) is 25.3 Å². The van der Waals surface area contributed by atoms with Crippen LogP contribution in [-0.4, -0.2) is 18.9 Å². The van der Waals surface area contributed by atoms with Gasteiger partial charge in [0.2, 0.25) is 0 Å². The fourth-order valence-electron chi connectivity index (χ4n) is 1.86. The topological polar surface area (TPSA) is 63.8 Å². The van der Waals surface area contributed by atoms with E-state index in [2.05, 4.69) is 10.3 Å². The molecule has 100 valence electrons. The van der Waals surface area contributed by atoms with Crippen molar-refractivity contribution in [2.24, 2.45) is 4.99 Å². The number of ether oxygens (including phenoxy) is 1. The van der Waals surface area contributed by atoms with E-state index in [-0.39, 0.29) is 5.91 Å². The van der Waals surface area contributed by atoms with Gasteiger partial charge in [-0.15, -0.1) is 0 Å². The number of hydrogen-bond acceptors (Lipinski definition) is 4. The van der Waals surface area contributed by atoms with E-state index in [1.165, 1.54) is 6.26 Å². The molecule has 0 fully saturated rings. The summed E-state index contributed by atoms with van der Waals surface area (Å²) in [5.74, 6) is 1.49. The minimum absolute atomic E-state index is 0.243. The molecule has 0 radical (unpaired) electrons. The van der Waals surface area contributed by atoms with Crippen LogP contribution in [0.3, 0.4) is 0 Å². The largest absolute Gasteiger partial charge is 0.497 e. The Morgan fingerprint density at radius 1 is 1.25 bits per heavy atom. The number of carbonyl (C=O) groups excluding carboxylic acids is 1. The van der Waals surface area contributed by atoms with Gasteiger partial charge in [-0.25, -0.2) is 4.99 Å². The Morgan fingerprint density at radius 2 is 2.05 bits per heavy atom. The van der Waals surface area contributed by atoms with E-state index in [9.17, 15) is 4.79 Å². The number of hydrogen-bond donors (Lipinski definition) is 1. The summed E-state index contributed by atoms with van der Waals surface area (Å²) in [4.78, 5) is 16.1. The number of nitrogens with zero attached hydrogens (tertiary/aromatic N) is 1. The molecule has 1 aromatic carbocycles. The summed E-state index contributed by atoms with van der Waals surface area (Å²) in [6, 6.07) is 10.9. The molecule has 3 rings (SSSR count). The predicted octanol–water partition coefficient (Wildman–Crippen LogP) is 2.21. The van der Waals surface area contributed by atoms with Gasteiger partial charge in [0.1, 0.15) is 11.4 Å². The number of amidine groups is 1. The first-order valence-electron chi connectivity index (χ1n) is 6.06. The number of benzene rings is 1. The van der Waals surface area contributed by atoms with Crippen LogP contribution in [0.25, 0.3) is 6.08 Å². The van der Waals surface area contributed by atoms with Gasteiger partial charge in [0, 0.05) is 0 Å². The number of methoxy groups -OCH3 is 1. The maximum Gasteiger partial charge on any atom is 0.275 e. The second kappa shape index (κ2) is 5.05. The lowest BCUT2D eigenvalue weighted by molar-refractivity contribution is -0.115. The van der Waals surface area contributed by atoms with Gasteiger partial charge in [0.05, 0.1) is 13.4 Å². The summed E-state index contributed by atoms with van der Waals surface area (Å²) in [5, 5.41) is 2.67. The van der Waals surface area contributed by atoms with Gasteiger partial charge in [-0.3, -0.25) is 4.79 Å². The van der Waals surface area contributed by atoms with Gasteiger partial charge in [-0.2, -0.15) is 0 Å². The molecule has 0 saturated heterocycles. The Labute approximate surface area is 115 Å². The summed E-state index contributed by atoms with van der Waals surface area (Å²) in [6.45, 7) is 0. The third kappa shape index (κ3) is 2.33. The monoisotopic (exact) mass is 268 g/mol. The van der Waals surface area contributed by atoms with Gasteiger partial charge in [0.25, 0.3) is 5.91 Å². The molecule has 0 bridgehead atoms. The van der Waals surface area contributed by atoms with E-state index in [1.807, 2.05) is 24.3 Å². The normalized spacial score (nSPS) is 16.1. The van der Waals surface area contributed by atoms with Gasteiger partial charge >= 0.3 is 0 Å². The quantitative estimate of drug-likeness (QED) is 0.868. The van der Waals surface area contributed by atoms with Crippen molar-refractivity contribution < 1.29 is 13.9 Å². The van der Waals surface area contributed by atoms with Crippen LogP contribution in [-0.2, 0) is 4.79 Å². The van der Waals surface area contributed by atoms with E-state index >= 15 is 0 Å². The van der Waals surface area contributed by atoms with Gasteiger partial charge in [0.15, 0.2) is 11.6 Å². The summed E-state index contributed by atoms with van der Waals surface area (Å²) < 4.78 is 10.3. The molecular weight excluding hydrogens is 256 g/mol. The molecule has 0 aliphatic carbocycles. The van der Waals surface area contributed by atoms with Gasteiger partial charge < -0.3 is 14.5 Å². The third-order valence-electron chi connectivity index (χ3n) is 2.87. The summed E-state index contributed by atoms with van der Waals surface area (Å²) in [6.07, 6.45) is 3.25. The first kappa shape index (κ1) is 12.2. The molecule has 5 nitrogen and oxygen atoms in total. The maximum atomic E-state index is 11.8. The lowest BCUT2D eigenvalue weighted by Crippen LogP contribution is -2.24. The molecule has 1 aliphatic heterocycles. The zero-order chi connectivity index (χ0) is 13.9. The third-order valence-corrected chi connectivity index (χ3v) is 2.87. The van der Waals surface area contributed by atoms with Crippen LogP contribution >= 0.6 is 0 Å². The first-order chi connectivity index (χ1) is 9.76. The van der Waals surface area contributed by atoms with Crippen LogP contribution in [0, 0.1) is 0 Å². The lowest BCUT2D eigenvalue weighted by Gasteiger charge is -1.99. The molecule has 1 N–H and O–H groups in total. The summed E-state index contributed by atoms with van der Waals surface area (Å²) in [7, 11) is 1.61. The van der Waals surface area contributed by atoms with Crippen LogP contribution in [0.4, 0.5) is 0 Å². The molecule has 1 aliphatic rings. The Kier molecular flexibility index (Phi) is 3.09. The molecular formula is C15H12N2O3. The van der Waals surface area contributed by atoms with Gasteiger partial charge in [-0.05, 0) is 35.9 Å². The molecule has 0 unspecified atom stereocenters. The highest BCUT2D eigenvalue weighted by atomic mass is 16.5. The number of rotatable bonds is 3. The van der Waals surface area contributed by atoms with E-state index < -0.39 is 0 Å². The van der Waals surface area contributed by atoms with Crippen molar-refractivity contribution in [1.82, 2.24) is 5.32 Å². The number of carbonyl (C=O) groups is 1. The second-order valence-electron chi connectivity index (χ2n) is 4.19. The molecule has 0 saturated carbocycles. The smallest absolute Gasteiger partial charge is 0.275 e. The zero-order valence-corrected chi connectivity index (χ0v) is 10.8. The standard InChI is InChI=1S/C15H12N2O3/c1-19-11-6-4-10(5-7-11)9-12-15(18)17-14(16-12)13-3-2-8-20-13/h2-9H,1H3,(H,16,17,18)/b12-9+. The zero-order valence-electron chi connectivity index (χ0n) is 10.8. The molecule has 5 heteroatoms. The van der Waals surface area contributed by atoms with Crippen molar-refractivity contribution >= 4 is 17.8 Å². The lowest BCUT2D eigenvalue weighted by atomic mass is 10.2. The van der Waals surface area contributed by atoms with Crippen LogP contribution in [0.15, 0.2) is 57.8 Å². The molecule has 20 heavy (non-hydrogen) atoms. The Morgan fingerprint density at radius 3 is 2.70 bits per heavy atom. The fourth-order valence-corrected chi connectivity index (χ4v) is 1.86. The van der Waals surface area contributed by atoms with Crippen molar-refractivity contribution in [3.05, 3.63) is 59.7 Å². The Hall–Kier alpha value is -2.82. The molecule has 2 aromatic rings. The van der Waals surface area contributed by atoms with Crippen molar-refractivity contribution in [1.29, 1.82) is 0 Å².